The Morgan fingerprint density at radius 3 is 1.86 bits per heavy atom. The molecule has 0 unspecified atom stereocenters. The van der Waals surface area contributed by atoms with Crippen molar-refractivity contribution in [2.45, 2.75) is 59.0 Å². The number of esters is 1. The largest absolute Gasteiger partial charge is 0.461 e. The number of anilines is 1. The summed E-state index contributed by atoms with van der Waals surface area (Å²) in [4.78, 5) is 31.1. The summed E-state index contributed by atoms with van der Waals surface area (Å²) in [5.74, 6) is 0.633. The molecule has 0 atom stereocenters. The van der Waals surface area contributed by atoms with Gasteiger partial charge in [-0.3, -0.25) is 4.79 Å². The first kappa shape index (κ1) is 39.3. The van der Waals surface area contributed by atoms with Gasteiger partial charge in [0.25, 0.3) is 0 Å². The molecule has 2 aromatic heterocycles. The van der Waals surface area contributed by atoms with Gasteiger partial charge >= 0.3 is 5.97 Å². The zero-order valence-corrected chi connectivity index (χ0v) is 33.3. The van der Waals surface area contributed by atoms with E-state index in [1.54, 1.807) is 6.92 Å². The van der Waals surface area contributed by atoms with E-state index in [9.17, 15) is 9.59 Å². The maximum Gasteiger partial charge on any atom is 0.358 e. The summed E-state index contributed by atoms with van der Waals surface area (Å²) < 4.78 is 9.31. The summed E-state index contributed by atoms with van der Waals surface area (Å²) in [6.07, 6.45) is 3.94. The lowest BCUT2D eigenvalue weighted by Crippen LogP contribution is -2.39. The van der Waals surface area contributed by atoms with E-state index < -0.39 is 11.5 Å². The molecule has 0 radical (unpaired) electrons. The number of allylic oxidation sites excluding steroid dienone is 1. The minimum Gasteiger partial charge on any atom is -0.461 e. The summed E-state index contributed by atoms with van der Waals surface area (Å²) in [5, 5.41) is 16.6. The maximum atomic E-state index is 13.5. The molecule has 0 bridgehead atoms. The van der Waals surface area contributed by atoms with Crippen molar-refractivity contribution in [3.05, 3.63) is 185 Å². The van der Waals surface area contributed by atoms with Crippen molar-refractivity contribution in [2.24, 2.45) is 0 Å². The summed E-state index contributed by atoms with van der Waals surface area (Å²) >= 11 is 0. The van der Waals surface area contributed by atoms with Gasteiger partial charge in [0, 0.05) is 24.6 Å². The van der Waals surface area contributed by atoms with E-state index in [-0.39, 0.29) is 24.0 Å². The molecule has 0 aliphatic heterocycles. The molecule has 10 heteroatoms. The molecule has 1 amide bonds. The molecule has 0 aliphatic rings. The van der Waals surface area contributed by atoms with Crippen LogP contribution in [-0.2, 0) is 28.0 Å². The van der Waals surface area contributed by atoms with Crippen molar-refractivity contribution in [2.75, 3.05) is 11.9 Å². The number of aromatic nitrogens is 6. The number of nitrogens with one attached hydrogen (secondary N) is 1. The number of amides is 1. The van der Waals surface area contributed by atoms with Crippen LogP contribution >= 0.6 is 0 Å². The fraction of sp³-hybridized carbons (Fsp3) is 0.208. The summed E-state index contributed by atoms with van der Waals surface area (Å²) in [5.41, 5.74) is 6.94. The van der Waals surface area contributed by atoms with Crippen LogP contribution in [0, 0.1) is 0 Å². The Labute approximate surface area is 339 Å². The number of aryl methyl sites for hydroxylation is 1. The van der Waals surface area contributed by atoms with Crippen LogP contribution in [0.5, 0.6) is 0 Å². The fourth-order valence-corrected chi connectivity index (χ4v) is 7.49. The van der Waals surface area contributed by atoms with Gasteiger partial charge in [0.2, 0.25) is 5.91 Å². The SMILES string of the molecule is CCCCc1nc(NC(=O)C=C(C)C)c(C(=O)OCC)n1Cc1ccc(-c2ccccc2-c2nnnn2C(c2ccccc2)(c2ccccc2)c2ccccc2)cc1. The maximum absolute atomic E-state index is 13.5. The average molecular weight is 770 g/mol. The number of carbonyl (C=O) groups is 2. The van der Waals surface area contributed by atoms with Crippen LogP contribution in [0.15, 0.2) is 151 Å². The van der Waals surface area contributed by atoms with E-state index in [0.717, 1.165) is 57.4 Å². The first-order valence-corrected chi connectivity index (χ1v) is 19.7. The summed E-state index contributed by atoms with van der Waals surface area (Å²) in [6, 6.07) is 47.5. The van der Waals surface area contributed by atoms with Crippen molar-refractivity contribution < 1.29 is 14.3 Å². The number of imidazole rings is 1. The standard InChI is InChI=1S/C48H47N7O3/c1-5-7-27-42-49-45(50-43(56)32-34(3)4)44(47(57)58-6-2)54(42)33-35-28-30-36(31-29-35)40-25-17-18-26-41(40)46-51-52-53-55(46)48(37-19-11-8-12-20-37,38-21-13-9-14-22-38)39-23-15-10-16-24-39/h8-26,28-32H,5-7,27,33H2,1-4H3,(H,50,56). The molecule has 292 valence electrons. The van der Waals surface area contributed by atoms with Crippen molar-refractivity contribution >= 4 is 17.7 Å². The Hall–Kier alpha value is -6.94. The number of tetrazole rings is 1. The van der Waals surface area contributed by atoms with Crippen LogP contribution in [0.2, 0.25) is 0 Å². The van der Waals surface area contributed by atoms with Gasteiger partial charge in [0.15, 0.2) is 17.3 Å². The van der Waals surface area contributed by atoms with E-state index in [2.05, 4.69) is 90.3 Å². The highest BCUT2D eigenvalue weighted by Crippen LogP contribution is 2.43. The molecule has 0 saturated carbocycles. The minimum absolute atomic E-state index is 0.191. The fourth-order valence-electron chi connectivity index (χ4n) is 7.49. The second kappa shape index (κ2) is 17.9. The molecular formula is C48H47N7O3. The Kier molecular flexibility index (Phi) is 12.1. The van der Waals surface area contributed by atoms with Crippen molar-refractivity contribution in [1.29, 1.82) is 0 Å². The zero-order chi connectivity index (χ0) is 40.5. The van der Waals surface area contributed by atoms with Crippen molar-refractivity contribution in [3.8, 4) is 22.5 Å². The Morgan fingerprint density at radius 2 is 1.31 bits per heavy atom. The lowest BCUT2D eigenvalue weighted by atomic mass is 9.77. The number of nitrogens with zero attached hydrogens (tertiary/aromatic N) is 6. The van der Waals surface area contributed by atoms with E-state index in [0.29, 0.717) is 24.6 Å². The lowest BCUT2D eigenvalue weighted by molar-refractivity contribution is -0.112. The van der Waals surface area contributed by atoms with E-state index in [1.807, 2.05) is 89.8 Å². The van der Waals surface area contributed by atoms with Crippen molar-refractivity contribution in [3.63, 3.8) is 0 Å². The Morgan fingerprint density at radius 1 is 0.741 bits per heavy atom. The molecule has 0 fully saturated rings. The predicted octanol–water partition coefficient (Wildman–Crippen LogP) is 9.52. The minimum atomic E-state index is -0.902. The molecule has 1 N–H and O–H groups in total. The van der Waals surface area contributed by atoms with Gasteiger partial charge in [0.1, 0.15) is 11.4 Å². The van der Waals surface area contributed by atoms with Crippen LogP contribution in [0.3, 0.4) is 0 Å². The van der Waals surface area contributed by atoms with Gasteiger partial charge in [0.05, 0.1) is 6.61 Å². The number of hydrogen-bond acceptors (Lipinski definition) is 7. The summed E-state index contributed by atoms with van der Waals surface area (Å²) in [6.45, 7) is 8.10. The van der Waals surface area contributed by atoms with Gasteiger partial charge in [-0.2, -0.15) is 0 Å². The Bertz CT molecular complexity index is 2410. The number of ether oxygens (including phenoxy) is 1. The highest BCUT2D eigenvalue weighted by atomic mass is 16.5. The highest BCUT2D eigenvalue weighted by Gasteiger charge is 2.42. The van der Waals surface area contributed by atoms with Gasteiger partial charge in [-0.05, 0) is 71.0 Å². The lowest BCUT2D eigenvalue weighted by Gasteiger charge is -2.36. The second-order valence-electron chi connectivity index (χ2n) is 14.3. The zero-order valence-electron chi connectivity index (χ0n) is 33.3. The Balaban J connectivity index is 1.31. The van der Waals surface area contributed by atoms with Gasteiger partial charge in [-0.1, -0.05) is 158 Å². The average Bonchev–Trinajstić information content (AvgIpc) is 3.86. The van der Waals surface area contributed by atoms with E-state index in [4.69, 9.17) is 20.0 Å². The quantitative estimate of drug-likeness (QED) is 0.0627. The van der Waals surface area contributed by atoms with Crippen LogP contribution in [0.1, 0.15) is 79.1 Å². The normalized spacial score (nSPS) is 11.2. The number of benzene rings is 5. The molecule has 58 heavy (non-hydrogen) atoms. The van der Waals surface area contributed by atoms with Gasteiger partial charge in [-0.15, -0.1) is 5.10 Å². The first-order chi connectivity index (χ1) is 28.3. The number of rotatable bonds is 15. The molecule has 7 rings (SSSR count). The summed E-state index contributed by atoms with van der Waals surface area (Å²) in [7, 11) is 0. The highest BCUT2D eigenvalue weighted by molar-refractivity contribution is 6.03. The number of hydrogen-bond donors (Lipinski definition) is 1. The third kappa shape index (κ3) is 7.99. The molecule has 10 nitrogen and oxygen atoms in total. The van der Waals surface area contributed by atoms with Crippen LogP contribution in [-0.4, -0.2) is 48.2 Å². The number of carbonyl (C=O) groups excluding carboxylic acids is 2. The molecule has 2 heterocycles. The number of unbranched alkanes of at least 4 members (excludes halogenated alkanes) is 1. The van der Waals surface area contributed by atoms with E-state index >= 15 is 0 Å². The second-order valence-corrected chi connectivity index (χ2v) is 14.3. The molecule has 7 aromatic rings. The van der Waals surface area contributed by atoms with Gasteiger partial charge in [-0.25, -0.2) is 14.5 Å². The molecule has 0 saturated heterocycles. The molecular weight excluding hydrogens is 723 g/mol. The molecule has 0 aliphatic carbocycles. The smallest absolute Gasteiger partial charge is 0.358 e. The van der Waals surface area contributed by atoms with Crippen LogP contribution in [0.4, 0.5) is 5.82 Å². The molecule has 0 spiro atoms. The first-order valence-electron chi connectivity index (χ1n) is 19.7. The van der Waals surface area contributed by atoms with Crippen LogP contribution in [0.25, 0.3) is 22.5 Å². The topological polar surface area (TPSA) is 117 Å². The third-order valence-electron chi connectivity index (χ3n) is 10.1. The monoisotopic (exact) mass is 769 g/mol. The van der Waals surface area contributed by atoms with Crippen LogP contribution < -0.4 is 5.32 Å². The van der Waals surface area contributed by atoms with E-state index in [1.165, 1.54) is 6.08 Å². The third-order valence-corrected chi connectivity index (χ3v) is 10.1. The molecule has 5 aromatic carbocycles. The predicted molar refractivity (Wildman–Crippen MR) is 227 cm³/mol. The van der Waals surface area contributed by atoms with Gasteiger partial charge < -0.3 is 14.6 Å². The van der Waals surface area contributed by atoms with Crippen molar-refractivity contribution in [1.82, 2.24) is 29.8 Å².